The van der Waals surface area contributed by atoms with Gasteiger partial charge < -0.3 is 25.8 Å². The molecule has 46 heavy (non-hydrogen) atoms. The first-order chi connectivity index (χ1) is 22.3. The summed E-state index contributed by atoms with van der Waals surface area (Å²) in [5, 5.41) is 18.6. The van der Waals surface area contributed by atoms with E-state index < -0.39 is 5.91 Å². The number of hydrogen-bond donors (Lipinski definition) is 4. The number of anilines is 1. The minimum atomic E-state index is -0.399. The lowest BCUT2D eigenvalue weighted by molar-refractivity contribution is -0.120. The molecule has 4 heterocycles. The van der Waals surface area contributed by atoms with Gasteiger partial charge in [-0.25, -0.2) is 0 Å². The number of likely N-dealkylation sites (tertiary alicyclic amines) is 1. The third kappa shape index (κ3) is 6.72. The molecule has 2 amide bonds. The topological polar surface area (TPSA) is 129 Å². The van der Waals surface area contributed by atoms with E-state index in [4.69, 9.17) is 33.0 Å². The lowest BCUT2D eigenvalue weighted by atomic mass is 9.79. The molecule has 238 valence electrons. The molecule has 2 aromatic heterocycles. The van der Waals surface area contributed by atoms with Gasteiger partial charge in [-0.2, -0.15) is 0 Å². The molecule has 0 aliphatic carbocycles. The fraction of sp³-hybridized carbons (Fsp3) is 0.294. The monoisotopic (exact) mass is 660 g/mol. The zero-order chi connectivity index (χ0) is 32.3. The number of carbonyl (C=O) groups excluding carboxylic acids is 2. The van der Waals surface area contributed by atoms with Gasteiger partial charge in [-0.05, 0) is 29.8 Å². The van der Waals surface area contributed by atoms with Crippen LogP contribution in [-0.4, -0.2) is 71.7 Å². The Bertz CT molecular complexity index is 1760. The minimum Gasteiger partial charge on any atom is -0.496 e. The molecule has 4 aromatic rings. The second-order valence-electron chi connectivity index (χ2n) is 11.7. The van der Waals surface area contributed by atoms with E-state index in [0.717, 1.165) is 48.6 Å². The van der Waals surface area contributed by atoms with E-state index in [-0.39, 0.29) is 23.6 Å². The quantitative estimate of drug-likeness (QED) is 0.169. The van der Waals surface area contributed by atoms with Crippen LogP contribution in [0.2, 0.25) is 10.0 Å². The van der Waals surface area contributed by atoms with Gasteiger partial charge in [0.15, 0.2) is 0 Å². The number of pyridine rings is 2. The third-order valence-corrected chi connectivity index (χ3v) is 9.16. The maximum Gasteiger partial charge on any atom is 0.274 e. The van der Waals surface area contributed by atoms with E-state index in [1.165, 1.54) is 0 Å². The van der Waals surface area contributed by atoms with Crippen LogP contribution in [-0.2, 0) is 17.9 Å². The van der Waals surface area contributed by atoms with Gasteiger partial charge in [0.25, 0.3) is 5.91 Å². The number of methoxy groups -OCH3 is 1. The number of aromatic nitrogens is 2. The molecule has 1 spiro atoms. The number of nitrogens with one attached hydrogen (secondary N) is 3. The van der Waals surface area contributed by atoms with E-state index in [0.29, 0.717) is 52.1 Å². The zero-order valence-corrected chi connectivity index (χ0v) is 26.8. The Hall–Kier alpha value is -4.06. The van der Waals surface area contributed by atoms with Gasteiger partial charge >= 0.3 is 0 Å². The van der Waals surface area contributed by atoms with Gasteiger partial charge in [-0.15, -0.1) is 0 Å². The largest absolute Gasteiger partial charge is 0.496 e. The van der Waals surface area contributed by atoms with Gasteiger partial charge in [-0.1, -0.05) is 53.5 Å². The van der Waals surface area contributed by atoms with Crippen molar-refractivity contribution >= 4 is 40.7 Å². The molecule has 0 unspecified atom stereocenters. The number of rotatable bonds is 11. The fourth-order valence-corrected chi connectivity index (χ4v) is 6.70. The molecule has 2 saturated heterocycles. The summed E-state index contributed by atoms with van der Waals surface area (Å²) in [5.74, 6) is 0.464. The molecule has 0 atom stereocenters. The number of amides is 2. The highest BCUT2D eigenvalue weighted by molar-refractivity contribution is 6.39. The predicted molar refractivity (Wildman–Crippen MR) is 178 cm³/mol. The van der Waals surface area contributed by atoms with Crippen LogP contribution in [0.1, 0.15) is 28.0 Å². The van der Waals surface area contributed by atoms with Crippen LogP contribution >= 0.6 is 23.2 Å². The maximum atomic E-state index is 13.0. The average Bonchev–Trinajstić information content (AvgIpc) is 3.44. The fourth-order valence-electron chi connectivity index (χ4n) is 6.10. The summed E-state index contributed by atoms with van der Waals surface area (Å²) in [6.07, 6.45) is 3.89. The first-order valence-electron chi connectivity index (χ1n) is 15.0. The summed E-state index contributed by atoms with van der Waals surface area (Å²) in [6.45, 7) is 4.27. The van der Waals surface area contributed by atoms with E-state index in [1.54, 1.807) is 43.8 Å². The SMILES string of the molecule is COc1cc(-c2nccc(-c3cccc(NC(=O)c4ccc(CNCCO)cn4)c3Cl)c2Cl)ccc1CN1CC2(CNC(=O)C2)C1. The first-order valence-corrected chi connectivity index (χ1v) is 15.7. The van der Waals surface area contributed by atoms with Crippen LogP contribution in [0.4, 0.5) is 5.69 Å². The molecule has 0 radical (unpaired) electrons. The molecular formula is C34H34Cl2N6O4. The molecule has 12 heteroatoms. The number of nitrogens with zero attached hydrogens (tertiary/aromatic N) is 3. The number of halogens is 2. The Balaban J connectivity index is 1.18. The zero-order valence-electron chi connectivity index (χ0n) is 25.3. The summed E-state index contributed by atoms with van der Waals surface area (Å²) in [6, 6.07) is 16.5. The van der Waals surface area contributed by atoms with Gasteiger partial charge in [0.2, 0.25) is 5.91 Å². The van der Waals surface area contributed by atoms with Gasteiger partial charge in [0.1, 0.15) is 11.4 Å². The van der Waals surface area contributed by atoms with Crippen molar-refractivity contribution in [1.82, 2.24) is 25.5 Å². The van der Waals surface area contributed by atoms with Crippen molar-refractivity contribution in [2.24, 2.45) is 5.41 Å². The molecule has 2 fully saturated rings. The summed E-state index contributed by atoms with van der Waals surface area (Å²) in [7, 11) is 1.64. The van der Waals surface area contributed by atoms with Crippen LogP contribution in [0, 0.1) is 5.41 Å². The Morgan fingerprint density at radius 1 is 1.09 bits per heavy atom. The summed E-state index contributed by atoms with van der Waals surface area (Å²) in [4.78, 5) is 35.9. The first kappa shape index (κ1) is 31.9. The van der Waals surface area contributed by atoms with E-state index in [2.05, 4.69) is 30.8 Å². The van der Waals surface area contributed by atoms with Crippen molar-refractivity contribution in [1.29, 1.82) is 0 Å². The molecule has 2 aliphatic heterocycles. The molecule has 6 rings (SSSR count). The lowest BCUT2D eigenvalue weighted by Crippen LogP contribution is -2.56. The predicted octanol–water partition coefficient (Wildman–Crippen LogP) is 4.78. The van der Waals surface area contributed by atoms with Crippen LogP contribution in [0.25, 0.3) is 22.4 Å². The van der Waals surface area contributed by atoms with Crippen LogP contribution in [0.3, 0.4) is 0 Å². The Kier molecular flexibility index (Phi) is 9.53. The summed E-state index contributed by atoms with van der Waals surface area (Å²) in [5.41, 5.74) is 5.33. The number of hydrogen-bond acceptors (Lipinski definition) is 8. The van der Waals surface area contributed by atoms with Crippen LogP contribution < -0.4 is 20.7 Å². The van der Waals surface area contributed by atoms with Gasteiger partial charge in [-0.3, -0.25) is 24.5 Å². The van der Waals surface area contributed by atoms with Crippen molar-refractivity contribution < 1.29 is 19.4 Å². The second kappa shape index (κ2) is 13.7. The van der Waals surface area contributed by atoms with Crippen molar-refractivity contribution in [3.05, 3.63) is 93.9 Å². The Morgan fingerprint density at radius 3 is 2.63 bits per heavy atom. The van der Waals surface area contributed by atoms with Gasteiger partial charge in [0.05, 0.1) is 35.1 Å². The number of aliphatic hydroxyl groups is 1. The maximum absolute atomic E-state index is 13.0. The summed E-state index contributed by atoms with van der Waals surface area (Å²) >= 11 is 13.8. The second-order valence-corrected chi connectivity index (χ2v) is 12.5. The van der Waals surface area contributed by atoms with Crippen LogP contribution in [0.5, 0.6) is 5.75 Å². The third-order valence-electron chi connectivity index (χ3n) is 8.37. The highest BCUT2D eigenvalue weighted by Crippen LogP contribution is 2.42. The number of benzene rings is 2. The van der Waals surface area contributed by atoms with E-state index in [1.807, 2.05) is 30.3 Å². The minimum absolute atomic E-state index is 0.0473. The molecule has 4 N–H and O–H groups in total. The van der Waals surface area contributed by atoms with E-state index in [9.17, 15) is 9.59 Å². The molecule has 2 aromatic carbocycles. The average molecular weight is 662 g/mol. The highest BCUT2D eigenvalue weighted by Gasteiger charge is 2.47. The van der Waals surface area contributed by atoms with Gasteiger partial charge in [0, 0.05) is 85.8 Å². The number of aliphatic hydroxyl groups excluding tert-OH is 1. The molecule has 0 bridgehead atoms. The lowest BCUT2D eigenvalue weighted by Gasteiger charge is -2.47. The highest BCUT2D eigenvalue weighted by atomic mass is 35.5. The standard InChI is InChI=1S/C34H34Cl2N6O4/c1-46-28-13-22(6-7-23(28)17-42-19-34(20-42)14-29(44)40-18-34)32-31(36)25(9-10-38-32)24-3-2-4-26(30(24)35)41-33(45)27-8-5-21(16-39-27)15-37-11-12-43/h2-10,13,16,37,43H,11-12,14-15,17-20H2,1H3,(H,40,44)(H,41,45). The number of carbonyl (C=O) groups is 2. The van der Waals surface area contributed by atoms with Crippen molar-refractivity contribution in [2.75, 3.05) is 45.2 Å². The van der Waals surface area contributed by atoms with Crippen LogP contribution in [0.15, 0.2) is 67.0 Å². The molecule has 0 saturated carbocycles. The van der Waals surface area contributed by atoms with Crippen molar-refractivity contribution in [3.8, 4) is 28.1 Å². The smallest absolute Gasteiger partial charge is 0.274 e. The van der Waals surface area contributed by atoms with E-state index >= 15 is 0 Å². The number of ether oxygens (including phenoxy) is 1. The summed E-state index contributed by atoms with van der Waals surface area (Å²) < 4.78 is 5.76. The molecule has 10 nitrogen and oxygen atoms in total. The van der Waals surface area contributed by atoms with Crippen molar-refractivity contribution in [2.45, 2.75) is 19.5 Å². The molecular weight excluding hydrogens is 627 g/mol. The van der Waals surface area contributed by atoms with Crippen molar-refractivity contribution in [3.63, 3.8) is 0 Å². The Morgan fingerprint density at radius 2 is 1.91 bits per heavy atom. The normalized spacial score (nSPS) is 15.4. The Labute approximate surface area is 277 Å². The molecule has 2 aliphatic rings.